The van der Waals surface area contributed by atoms with Crippen LogP contribution in [-0.2, 0) is 6.42 Å². The average molecular weight is 405 g/mol. The monoisotopic (exact) mass is 404 g/mol. The lowest BCUT2D eigenvalue weighted by Gasteiger charge is -2.21. The number of halogens is 1. The highest BCUT2D eigenvalue weighted by Gasteiger charge is 2.20. The molecule has 0 unspecified atom stereocenters. The molecule has 0 heterocycles. The lowest BCUT2D eigenvalue weighted by Crippen LogP contribution is -2.04. The van der Waals surface area contributed by atoms with Crippen molar-refractivity contribution >= 4 is 21.5 Å². The van der Waals surface area contributed by atoms with Gasteiger partial charge >= 0.3 is 0 Å². The summed E-state index contributed by atoms with van der Waals surface area (Å²) >= 11 is 3.59. The van der Waals surface area contributed by atoms with Crippen molar-refractivity contribution in [1.82, 2.24) is 0 Å². The normalized spacial score (nSPS) is 12.9. The van der Waals surface area contributed by atoms with Gasteiger partial charge < -0.3 is 18.9 Å². The van der Waals surface area contributed by atoms with Crippen LogP contribution in [0.2, 0.25) is 0 Å². The van der Waals surface area contributed by atoms with E-state index in [1.165, 1.54) is 11.1 Å². The summed E-state index contributed by atoms with van der Waals surface area (Å²) in [7, 11) is 6.56. The third-order valence-electron chi connectivity index (χ3n) is 4.41. The number of fused-ring (bicyclic) bond motifs is 1. The molecular weight excluding hydrogens is 384 g/mol. The average Bonchev–Trinajstić information content (AvgIpc) is 2.65. The fourth-order valence-corrected chi connectivity index (χ4v) is 3.71. The van der Waals surface area contributed by atoms with E-state index in [1.54, 1.807) is 28.4 Å². The van der Waals surface area contributed by atoms with Crippen LogP contribution in [0.3, 0.4) is 0 Å². The molecule has 2 aromatic rings. The number of rotatable bonds is 5. The van der Waals surface area contributed by atoms with E-state index in [0.717, 1.165) is 34.2 Å². The summed E-state index contributed by atoms with van der Waals surface area (Å²) in [5, 5.41) is 0. The van der Waals surface area contributed by atoms with E-state index in [9.17, 15) is 0 Å². The number of hydrogen-bond acceptors (Lipinski definition) is 4. The first-order valence-corrected chi connectivity index (χ1v) is 8.79. The molecule has 1 aliphatic carbocycles. The maximum Gasteiger partial charge on any atom is 0.203 e. The Morgan fingerprint density at radius 3 is 2.00 bits per heavy atom. The van der Waals surface area contributed by atoms with Crippen LogP contribution < -0.4 is 18.9 Å². The van der Waals surface area contributed by atoms with Gasteiger partial charge in [-0.15, -0.1) is 0 Å². The van der Waals surface area contributed by atoms with Crippen LogP contribution in [0, 0.1) is 0 Å². The molecule has 132 valence electrons. The van der Waals surface area contributed by atoms with Gasteiger partial charge in [0.05, 0.1) is 32.9 Å². The molecule has 2 aromatic carbocycles. The summed E-state index contributed by atoms with van der Waals surface area (Å²) in [5.41, 5.74) is 4.65. The maximum atomic E-state index is 5.50. The van der Waals surface area contributed by atoms with Crippen molar-refractivity contribution in [1.29, 1.82) is 0 Å². The van der Waals surface area contributed by atoms with Gasteiger partial charge in [0.2, 0.25) is 5.75 Å². The number of methoxy groups -OCH3 is 4. The van der Waals surface area contributed by atoms with E-state index in [-0.39, 0.29) is 0 Å². The second-order valence-corrected chi connectivity index (χ2v) is 6.57. The summed E-state index contributed by atoms with van der Waals surface area (Å²) in [6, 6.07) is 8.19. The summed E-state index contributed by atoms with van der Waals surface area (Å²) < 4.78 is 22.8. The quantitative estimate of drug-likeness (QED) is 0.712. The predicted octanol–water partition coefficient (Wildman–Crippen LogP) is 4.86. The van der Waals surface area contributed by atoms with Crippen molar-refractivity contribution in [3.05, 3.63) is 51.5 Å². The van der Waals surface area contributed by atoms with Crippen LogP contribution in [-0.4, -0.2) is 28.4 Å². The van der Waals surface area contributed by atoms with Crippen LogP contribution in [0.15, 0.2) is 34.8 Å². The fourth-order valence-electron chi connectivity index (χ4n) is 3.20. The number of aryl methyl sites for hydroxylation is 1. The van der Waals surface area contributed by atoms with Crippen molar-refractivity contribution in [3.63, 3.8) is 0 Å². The second-order valence-electron chi connectivity index (χ2n) is 5.71. The Bertz CT molecular complexity index is 802. The number of hydrogen-bond donors (Lipinski definition) is 0. The molecule has 0 radical (unpaired) electrons. The SMILES string of the molecule is COc1cc2c(cc1Br)C(c1cc(OC)c(OC)c(OC)c1)=CCC2. The van der Waals surface area contributed by atoms with E-state index in [2.05, 4.69) is 34.1 Å². The molecule has 1 aliphatic rings. The Balaban J connectivity index is 2.15. The number of benzene rings is 2. The van der Waals surface area contributed by atoms with Crippen LogP contribution in [0.1, 0.15) is 23.1 Å². The van der Waals surface area contributed by atoms with E-state index in [1.807, 2.05) is 12.1 Å². The van der Waals surface area contributed by atoms with E-state index in [0.29, 0.717) is 17.2 Å². The summed E-state index contributed by atoms with van der Waals surface area (Å²) in [4.78, 5) is 0. The minimum Gasteiger partial charge on any atom is -0.496 e. The molecular formula is C20H21BrO4. The number of allylic oxidation sites excluding steroid dienone is 1. The first-order valence-electron chi connectivity index (χ1n) is 8.00. The summed E-state index contributed by atoms with van der Waals surface area (Å²) in [6.07, 6.45) is 4.22. The topological polar surface area (TPSA) is 36.9 Å². The highest BCUT2D eigenvalue weighted by atomic mass is 79.9. The van der Waals surface area contributed by atoms with Gasteiger partial charge in [-0.3, -0.25) is 0 Å². The molecule has 0 spiro atoms. The van der Waals surface area contributed by atoms with Crippen LogP contribution in [0.4, 0.5) is 0 Å². The summed E-state index contributed by atoms with van der Waals surface area (Å²) in [5.74, 6) is 2.75. The first kappa shape index (κ1) is 17.7. The minimum atomic E-state index is 0.598. The molecule has 0 bridgehead atoms. The zero-order valence-electron chi connectivity index (χ0n) is 14.8. The number of ether oxygens (including phenoxy) is 4. The smallest absolute Gasteiger partial charge is 0.203 e. The molecule has 5 heteroatoms. The Kier molecular flexibility index (Phi) is 5.23. The van der Waals surface area contributed by atoms with E-state index >= 15 is 0 Å². The molecule has 0 saturated heterocycles. The van der Waals surface area contributed by atoms with Crippen molar-refractivity contribution in [2.24, 2.45) is 0 Å². The van der Waals surface area contributed by atoms with Gasteiger partial charge in [0.1, 0.15) is 5.75 Å². The second kappa shape index (κ2) is 7.40. The van der Waals surface area contributed by atoms with Gasteiger partial charge in [-0.05, 0) is 75.3 Å². The Morgan fingerprint density at radius 2 is 1.44 bits per heavy atom. The lowest BCUT2D eigenvalue weighted by atomic mass is 9.86. The summed E-state index contributed by atoms with van der Waals surface area (Å²) in [6.45, 7) is 0. The van der Waals surface area contributed by atoms with Crippen molar-refractivity contribution in [2.75, 3.05) is 28.4 Å². The van der Waals surface area contributed by atoms with Gasteiger partial charge in [0.15, 0.2) is 11.5 Å². The fraction of sp³-hybridized carbons (Fsp3) is 0.300. The molecule has 0 amide bonds. The highest BCUT2D eigenvalue weighted by Crippen LogP contribution is 2.43. The third-order valence-corrected chi connectivity index (χ3v) is 5.03. The lowest BCUT2D eigenvalue weighted by molar-refractivity contribution is 0.324. The van der Waals surface area contributed by atoms with Crippen molar-refractivity contribution < 1.29 is 18.9 Å². The molecule has 25 heavy (non-hydrogen) atoms. The Morgan fingerprint density at radius 1 is 0.800 bits per heavy atom. The zero-order chi connectivity index (χ0) is 18.0. The molecule has 0 atom stereocenters. The Labute approximate surface area is 156 Å². The molecule has 0 saturated carbocycles. The predicted molar refractivity (Wildman–Crippen MR) is 102 cm³/mol. The van der Waals surface area contributed by atoms with Crippen LogP contribution in [0.5, 0.6) is 23.0 Å². The van der Waals surface area contributed by atoms with Gasteiger partial charge in [0, 0.05) is 0 Å². The molecule has 0 aromatic heterocycles. The molecule has 0 aliphatic heterocycles. The van der Waals surface area contributed by atoms with Gasteiger partial charge in [0.25, 0.3) is 0 Å². The van der Waals surface area contributed by atoms with E-state index < -0.39 is 0 Å². The standard InChI is InChI=1S/C20H21BrO4/c1-22-17-8-12-6-5-7-14(15(12)11-16(17)21)13-9-18(23-2)20(25-4)19(10-13)24-3/h7-11H,5-6H2,1-4H3. The largest absolute Gasteiger partial charge is 0.496 e. The zero-order valence-corrected chi connectivity index (χ0v) is 16.4. The van der Waals surface area contributed by atoms with E-state index in [4.69, 9.17) is 18.9 Å². The maximum absolute atomic E-state index is 5.50. The first-order chi connectivity index (χ1) is 12.1. The molecule has 4 nitrogen and oxygen atoms in total. The van der Waals surface area contributed by atoms with Crippen LogP contribution in [0.25, 0.3) is 5.57 Å². The van der Waals surface area contributed by atoms with Gasteiger partial charge in [-0.25, -0.2) is 0 Å². The molecule has 0 fully saturated rings. The van der Waals surface area contributed by atoms with Gasteiger partial charge in [-0.2, -0.15) is 0 Å². The van der Waals surface area contributed by atoms with Crippen molar-refractivity contribution in [3.8, 4) is 23.0 Å². The Hall–Kier alpha value is -2.14. The highest BCUT2D eigenvalue weighted by molar-refractivity contribution is 9.10. The molecule has 3 rings (SSSR count). The van der Waals surface area contributed by atoms with Crippen LogP contribution >= 0.6 is 15.9 Å². The van der Waals surface area contributed by atoms with Gasteiger partial charge in [-0.1, -0.05) is 6.08 Å². The third kappa shape index (κ3) is 3.21. The minimum absolute atomic E-state index is 0.598. The van der Waals surface area contributed by atoms with Crippen molar-refractivity contribution in [2.45, 2.75) is 12.8 Å². The molecule has 0 N–H and O–H groups in total.